The number of esters is 1. The van der Waals surface area contributed by atoms with E-state index in [1.165, 1.54) is 25.3 Å². The van der Waals surface area contributed by atoms with Crippen molar-refractivity contribution in [1.29, 1.82) is 0 Å². The minimum Gasteiger partial charge on any atom is -0.472 e. The van der Waals surface area contributed by atoms with Crippen LogP contribution in [0.15, 0.2) is 28.9 Å². The summed E-state index contributed by atoms with van der Waals surface area (Å²) in [6.07, 6.45) is 1.10. The monoisotopic (exact) mass is 332 g/mol. The molecule has 0 saturated heterocycles. The van der Waals surface area contributed by atoms with Crippen LogP contribution in [0.25, 0.3) is 11.4 Å². The van der Waals surface area contributed by atoms with Crippen LogP contribution in [0, 0.1) is 12.7 Å². The van der Waals surface area contributed by atoms with Crippen LogP contribution < -0.4 is 4.74 Å². The average molecular weight is 332 g/mol. The fourth-order valence-corrected chi connectivity index (χ4v) is 2.02. The van der Waals surface area contributed by atoms with Gasteiger partial charge in [-0.25, -0.2) is 9.18 Å². The molecular weight excluding hydrogens is 319 g/mol. The van der Waals surface area contributed by atoms with Gasteiger partial charge >= 0.3 is 5.97 Å². The van der Waals surface area contributed by atoms with Crippen LogP contribution in [0.1, 0.15) is 21.8 Å². The maximum absolute atomic E-state index is 13.0. The van der Waals surface area contributed by atoms with Crippen molar-refractivity contribution in [3.05, 3.63) is 47.2 Å². The summed E-state index contributed by atoms with van der Waals surface area (Å²) in [6.45, 7) is 1.82. The van der Waals surface area contributed by atoms with E-state index in [0.29, 0.717) is 22.7 Å². The van der Waals surface area contributed by atoms with Gasteiger partial charge in [-0.2, -0.15) is 0 Å². The van der Waals surface area contributed by atoms with E-state index in [-0.39, 0.29) is 18.2 Å². The van der Waals surface area contributed by atoms with Crippen molar-refractivity contribution >= 4 is 5.97 Å². The summed E-state index contributed by atoms with van der Waals surface area (Å²) in [4.78, 5) is 15.3. The number of nitrogens with zero attached hydrogens (tertiary/aromatic N) is 3. The van der Waals surface area contributed by atoms with Crippen molar-refractivity contribution in [1.82, 2.24) is 20.3 Å². The highest BCUT2D eigenvalue weighted by molar-refractivity contribution is 5.87. The molecule has 0 saturated carbocycles. The normalized spacial score (nSPS) is 10.6. The number of carbonyl (C=O) groups excluding carboxylic acids is 1. The highest BCUT2D eigenvalue weighted by Crippen LogP contribution is 2.25. The number of ether oxygens (including phenoxy) is 2. The maximum atomic E-state index is 13.0. The second-order valence-electron chi connectivity index (χ2n) is 4.83. The molecule has 0 aliphatic rings. The van der Waals surface area contributed by atoms with E-state index < -0.39 is 11.8 Å². The lowest BCUT2D eigenvalue weighted by atomic mass is 10.1. The number of rotatable bonds is 5. The molecule has 0 aliphatic carbocycles. The van der Waals surface area contributed by atoms with Gasteiger partial charge in [-0.1, -0.05) is 5.16 Å². The van der Waals surface area contributed by atoms with Crippen LogP contribution in [0.2, 0.25) is 0 Å². The maximum Gasteiger partial charge on any atom is 0.356 e. The SMILES string of the molecule is COC(=O)c1cc(OCc2c(-c3ccc(F)cn3)noc2C)n[nH]1. The Bertz CT molecular complexity index is 857. The van der Waals surface area contributed by atoms with Crippen LogP contribution in [0.4, 0.5) is 4.39 Å². The average Bonchev–Trinajstić information content (AvgIpc) is 3.20. The van der Waals surface area contributed by atoms with Gasteiger partial charge in [-0.05, 0) is 19.1 Å². The fraction of sp³-hybridized carbons (Fsp3) is 0.200. The number of halogens is 1. The molecule has 0 unspecified atom stereocenters. The first-order chi connectivity index (χ1) is 11.6. The van der Waals surface area contributed by atoms with Crippen LogP contribution >= 0.6 is 0 Å². The molecule has 3 heterocycles. The first kappa shape index (κ1) is 15.7. The molecule has 0 bridgehead atoms. The molecule has 0 radical (unpaired) electrons. The number of nitrogens with one attached hydrogen (secondary N) is 1. The molecule has 3 aromatic rings. The number of carbonyl (C=O) groups is 1. The summed E-state index contributed by atoms with van der Waals surface area (Å²) >= 11 is 0. The third-order valence-electron chi connectivity index (χ3n) is 3.28. The molecule has 0 aromatic carbocycles. The van der Waals surface area contributed by atoms with Crippen LogP contribution in [-0.4, -0.2) is 33.4 Å². The van der Waals surface area contributed by atoms with Crippen LogP contribution in [0.3, 0.4) is 0 Å². The van der Waals surface area contributed by atoms with Gasteiger partial charge in [0.15, 0.2) is 0 Å². The fourth-order valence-electron chi connectivity index (χ4n) is 2.02. The van der Waals surface area contributed by atoms with E-state index in [1.54, 1.807) is 6.92 Å². The molecule has 3 rings (SSSR count). The lowest BCUT2D eigenvalue weighted by Crippen LogP contribution is -2.01. The van der Waals surface area contributed by atoms with Crippen LogP contribution in [0.5, 0.6) is 5.88 Å². The van der Waals surface area contributed by atoms with Gasteiger partial charge in [0.05, 0.1) is 24.6 Å². The molecule has 0 fully saturated rings. The predicted molar refractivity (Wildman–Crippen MR) is 78.7 cm³/mol. The van der Waals surface area contributed by atoms with E-state index in [0.717, 1.165) is 6.20 Å². The molecule has 0 amide bonds. The van der Waals surface area contributed by atoms with Crippen molar-refractivity contribution < 1.29 is 23.2 Å². The van der Waals surface area contributed by atoms with E-state index >= 15 is 0 Å². The van der Waals surface area contributed by atoms with Crippen molar-refractivity contribution in [3.8, 4) is 17.3 Å². The lowest BCUT2D eigenvalue weighted by Gasteiger charge is -2.03. The second kappa shape index (κ2) is 6.49. The Morgan fingerprint density at radius 2 is 2.25 bits per heavy atom. The standard InChI is InChI=1S/C15H13FN4O4/c1-8-10(7-23-13-5-12(18-19-13)15(21)22-2)14(20-24-8)11-4-3-9(16)6-17-11/h3-6H,7H2,1-2H3,(H,18,19). The third kappa shape index (κ3) is 3.09. The number of hydrogen-bond acceptors (Lipinski definition) is 7. The minimum atomic E-state index is -0.547. The molecule has 0 atom stereocenters. The molecule has 9 heteroatoms. The van der Waals surface area contributed by atoms with Gasteiger partial charge in [-0.3, -0.25) is 10.1 Å². The summed E-state index contributed by atoms with van der Waals surface area (Å²) in [6, 6.07) is 4.21. The molecule has 8 nitrogen and oxygen atoms in total. The Kier molecular flexibility index (Phi) is 4.23. The summed E-state index contributed by atoms with van der Waals surface area (Å²) in [5.41, 5.74) is 1.74. The molecule has 0 spiro atoms. The number of H-pyrrole nitrogens is 1. The number of aromatic nitrogens is 4. The highest BCUT2D eigenvalue weighted by atomic mass is 19.1. The van der Waals surface area contributed by atoms with Gasteiger partial charge in [0.25, 0.3) is 0 Å². The molecule has 1 N–H and O–H groups in total. The molecule has 24 heavy (non-hydrogen) atoms. The Morgan fingerprint density at radius 1 is 1.42 bits per heavy atom. The van der Waals surface area contributed by atoms with E-state index in [1.807, 2.05) is 0 Å². The van der Waals surface area contributed by atoms with Gasteiger partial charge in [-0.15, -0.1) is 5.10 Å². The van der Waals surface area contributed by atoms with Gasteiger partial charge in [0.1, 0.15) is 29.6 Å². The second-order valence-corrected chi connectivity index (χ2v) is 4.83. The first-order valence-electron chi connectivity index (χ1n) is 6.92. The first-order valence-corrected chi connectivity index (χ1v) is 6.92. The van der Waals surface area contributed by atoms with Crippen molar-refractivity contribution in [2.24, 2.45) is 0 Å². The topological polar surface area (TPSA) is 103 Å². The zero-order valence-corrected chi connectivity index (χ0v) is 12.9. The van der Waals surface area contributed by atoms with Gasteiger partial charge in [0, 0.05) is 6.07 Å². The molecule has 3 aromatic heterocycles. The highest BCUT2D eigenvalue weighted by Gasteiger charge is 2.18. The molecule has 124 valence electrons. The molecular formula is C15H13FN4O4. The summed E-state index contributed by atoms with van der Waals surface area (Å²) < 4.78 is 28.3. The Balaban J connectivity index is 1.78. The quantitative estimate of drug-likeness (QED) is 0.715. The van der Waals surface area contributed by atoms with Crippen LogP contribution in [-0.2, 0) is 11.3 Å². The summed E-state index contributed by atoms with van der Waals surface area (Å²) in [7, 11) is 1.27. The zero-order chi connectivity index (χ0) is 17.1. The summed E-state index contributed by atoms with van der Waals surface area (Å²) in [5.74, 6) is -0.229. The third-order valence-corrected chi connectivity index (χ3v) is 3.28. The number of pyridine rings is 1. The summed E-state index contributed by atoms with van der Waals surface area (Å²) in [5, 5.41) is 10.3. The van der Waals surface area contributed by atoms with Gasteiger partial charge < -0.3 is 14.0 Å². The number of hydrogen-bond donors (Lipinski definition) is 1. The zero-order valence-electron chi connectivity index (χ0n) is 12.9. The predicted octanol–water partition coefficient (Wildman–Crippen LogP) is 2.27. The largest absolute Gasteiger partial charge is 0.472 e. The Hall–Kier alpha value is -3.23. The Labute approximate surface area is 135 Å². The van der Waals surface area contributed by atoms with Crippen molar-refractivity contribution in [2.45, 2.75) is 13.5 Å². The number of methoxy groups -OCH3 is 1. The minimum absolute atomic E-state index is 0.0924. The van der Waals surface area contributed by atoms with Crippen molar-refractivity contribution in [2.75, 3.05) is 7.11 Å². The van der Waals surface area contributed by atoms with E-state index in [9.17, 15) is 9.18 Å². The van der Waals surface area contributed by atoms with Gasteiger partial charge in [0.2, 0.25) is 5.88 Å². The number of aromatic amines is 1. The number of aryl methyl sites for hydroxylation is 1. The van der Waals surface area contributed by atoms with E-state index in [4.69, 9.17) is 9.26 Å². The van der Waals surface area contributed by atoms with E-state index in [2.05, 4.69) is 25.1 Å². The Morgan fingerprint density at radius 3 is 2.96 bits per heavy atom. The smallest absolute Gasteiger partial charge is 0.356 e. The molecule has 0 aliphatic heterocycles. The lowest BCUT2D eigenvalue weighted by molar-refractivity contribution is 0.0594. The van der Waals surface area contributed by atoms with Crippen molar-refractivity contribution in [3.63, 3.8) is 0 Å².